The zero-order chi connectivity index (χ0) is 19.9. The number of hydrogen-bond donors (Lipinski definition) is 2. The maximum absolute atomic E-state index is 12.7. The number of halogens is 1. The third-order valence-corrected chi connectivity index (χ3v) is 4.89. The molecule has 3 aromatic carbocycles. The van der Waals surface area contributed by atoms with Gasteiger partial charge in [-0.15, -0.1) is 0 Å². The number of aryl methyl sites for hydroxylation is 1. The summed E-state index contributed by atoms with van der Waals surface area (Å²) < 4.78 is 0.959. The van der Waals surface area contributed by atoms with E-state index in [1.165, 1.54) is 0 Å². The Hall–Kier alpha value is -2.92. The Morgan fingerprint density at radius 2 is 1.57 bits per heavy atom. The Kier molecular flexibility index (Phi) is 6.61. The lowest BCUT2D eigenvalue weighted by molar-refractivity contribution is -0.116. The van der Waals surface area contributed by atoms with Crippen LogP contribution in [0.5, 0.6) is 0 Å². The summed E-state index contributed by atoms with van der Waals surface area (Å²) >= 11 is 3.42. The van der Waals surface area contributed by atoms with E-state index in [-0.39, 0.29) is 18.2 Å². The molecule has 5 heteroatoms. The molecular formula is C23H21BrN2O2. The Morgan fingerprint density at radius 3 is 2.21 bits per heavy atom. The Morgan fingerprint density at radius 1 is 0.929 bits per heavy atom. The largest absolute Gasteiger partial charge is 0.345 e. The molecule has 0 unspecified atom stereocenters. The monoisotopic (exact) mass is 436 g/mol. The van der Waals surface area contributed by atoms with E-state index in [4.69, 9.17) is 0 Å². The van der Waals surface area contributed by atoms with Gasteiger partial charge in [-0.3, -0.25) is 9.59 Å². The van der Waals surface area contributed by atoms with Gasteiger partial charge >= 0.3 is 0 Å². The first-order chi connectivity index (χ1) is 13.5. The van der Waals surface area contributed by atoms with Crippen LogP contribution in [0.2, 0.25) is 0 Å². The van der Waals surface area contributed by atoms with Gasteiger partial charge < -0.3 is 10.6 Å². The minimum Gasteiger partial charge on any atom is -0.345 e. The van der Waals surface area contributed by atoms with Crippen LogP contribution in [0.4, 0.5) is 5.69 Å². The van der Waals surface area contributed by atoms with E-state index in [1.807, 2.05) is 73.7 Å². The van der Waals surface area contributed by atoms with E-state index in [1.54, 1.807) is 12.1 Å². The van der Waals surface area contributed by atoms with Crippen molar-refractivity contribution in [2.75, 3.05) is 5.32 Å². The van der Waals surface area contributed by atoms with Gasteiger partial charge in [0.15, 0.2) is 0 Å². The second kappa shape index (κ2) is 9.33. The average Bonchev–Trinajstić information content (AvgIpc) is 2.71. The summed E-state index contributed by atoms with van der Waals surface area (Å²) in [6.45, 7) is 1.94. The molecule has 3 aromatic rings. The fraction of sp³-hybridized carbons (Fsp3) is 0.130. The normalized spacial score (nSPS) is 11.5. The summed E-state index contributed by atoms with van der Waals surface area (Å²) in [6.07, 6.45) is 0.137. The summed E-state index contributed by atoms with van der Waals surface area (Å²) in [5.41, 5.74) is 3.17. The van der Waals surface area contributed by atoms with Crippen LogP contribution in [-0.2, 0) is 4.79 Å². The summed E-state index contributed by atoms with van der Waals surface area (Å²) in [4.78, 5) is 25.3. The van der Waals surface area contributed by atoms with Gasteiger partial charge in [-0.25, -0.2) is 0 Å². The number of anilines is 1. The molecule has 28 heavy (non-hydrogen) atoms. The minimum atomic E-state index is -0.426. The molecule has 0 fully saturated rings. The number of nitrogens with one attached hydrogen (secondary N) is 2. The molecule has 0 aromatic heterocycles. The zero-order valence-corrected chi connectivity index (χ0v) is 17.1. The highest BCUT2D eigenvalue weighted by molar-refractivity contribution is 9.10. The van der Waals surface area contributed by atoms with E-state index in [0.717, 1.165) is 21.3 Å². The first-order valence-corrected chi connectivity index (χ1v) is 9.79. The fourth-order valence-electron chi connectivity index (χ4n) is 2.92. The van der Waals surface area contributed by atoms with Crippen molar-refractivity contribution >= 4 is 33.4 Å². The van der Waals surface area contributed by atoms with E-state index in [2.05, 4.69) is 26.6 Å². The van der Waals surface area contributed by atoms with Gasteiger partial charge in [-0.1, -0.05) is 64.5 Å². The Bertz CT molecular complexity index is 959. The van der Waals surface area contributed by atoms with Gasteiger partial charge in [0.1, 0.15) is 0 Å². The summed E-state index contributed by atoms with van der Waals surface area (Å²) in [5.74, 6) is -0.366. The van der Waals surface area contributed by atoms with Gasteiger partial charge in [0.25, 0.3) is 5.91 Å². The molecule has 0 aliphatic heterocycles. The first-order valence-electron chi connectivity index (χ1n) is 9.00. The summed E-state index contributed by atoms with van der Waals surface area (Å²) in [5, 5.41) is 5.92. The molecule has 0 heterocycles. The standard InChI is InChI=1S/C23H21BrN2O2/c1-16-14-19(24)12-13-20(16)25-22(27)15-21(17-8-4-2-5-9-17)26-23(28)18-10-6-3-7-11-18/h2-14,21H,15H2,1H3,(H,25,27)(H,26,28)/t21-/m1/s1. The minimum absolute atomic E-state index is 0.137. The predicted molar refractivity (Wildman–Crippen MR) is 115 cm³/mol. The second-order valence-corrected chi connectivity index (χ2v) is 7.43. The topological polar surface area (TPSA) is 58.2 Å². The van der Waals surface area contributed by atoms with Crippen molar-refractivity contribution in [2.45, 2.75) is 19.4 Å². The van der Waals surface area contributed by atoms with E-state index < -0.39 is 6.04 Å². The number of carbonyl (C=O) groups excluding carboxylic acids is 2. The van der Waals surface area contributed by atoms with E-state index in [0.29, 0.717) is 5.56 Å². The van der Waals surface area contributed by atoms with Gasteiger partial charge in [-0.2, -0.15) is 0 Å². The maximum atomic E-state index is 12.7. The lowest BCUT2D eigenvalue weighted by Crippen LogP contribution is -2.31. The maximum Gasteiger partial charge on any atom is 0.251 e. The fourth-order valence-corrected chi connectivity index (χ4v) is 3.40. The SMILES string of the molecule is Cc1cc(Br)ccc1NC(=O)C[C@@H](NC(=O)c1ccccc1)c1ccccc1. The summed E-state index contributed by atoms with van der Waals surface area (Å²) in [6, 6.07) is 23.8. The first kappa shape index (κ1) is 19.8. The molecule has 0 saturated heterocycles. The second-order valence-electron chi connectivity index (χ2n) is 6.51. The van der Waals surface area contributed by atoms with Crippen molar-refractivity contribution in [3.05, 3.63) is 100 Å². The van der Waals surface area contributed by atoms with Crippen molar-refractivity contribution in [3.8, 4) is 0 Å². The van der Waals surface area contributed by atoms with Crippen LogP contribution in [0.25, 0.3) is 0 Å². The number of benzene rings is 3. The Balaban J connectivity index is 1.75. The van der Waals surface area contributed by atoms with Crippen LogP contribution in [0.15, 0.2) is 83.3 Å². The number of hydrogen-bond acceptors (Lipinski definition) is 2. The van der Waals surface area contributed by atoms with Crippen molar-refractivity contribution in [3.63, 3.8) is 0 Å². The highest BCUT2D eigenvalue weighted by atomic mass is 79.9. The number of rotatable bonds is 6. The van der Waals surface area contributed by atoms with Crippen LogP contribution in [-0.4, -0.2) is 11.8 Å². The molecule has 142 valence electrons. The van der Waals surface area contributed by atoms with E-state index >= 15 is 0 Å². The third-order valence-electron chi connectivity index (χ3n) is 4.40. The number of carbonyl (C=O) groups is 2. The van der Waals surface area contributed by atoms with Crippen LogP contribution >= 0.6 is 15.9 Å². The van der Waals surface area contributed by atoms with Crippen LogP contribution < -0.4 is 10.6 Å². The lowest BCUT2D eigenvalue weighted by atomic mass is 10.0. The average molecular weight is 437 g/mol. The molecular weight excluding hydrogens is 416 g/mol. The molecule has 0 radical (unpaired) electrons. The lowest BCUT2D eigenvalue weighted by Gasteiger charge is -2.19. The van der Waals surface area contributed by atoms with Gasteiger partial charge in [0.2, 0.25) is 5.91 Å². The number of amides is 2. The van der Waals surface area contributed by atoms with Crippen molar-refractivity contribution in [1.82, 2.24) is 5.32 Å². The molecule has 0 saturated carbocycles. The Labute approximate surface area is 173 Å². The smallest absolute Gasteiger partial charge is 0.251 e. The third kappa shape index (κ3) is 5.30. The van der Waals surface area contributed by atoms with Crippen LogP contribution in [0.1, 0.15) is 33.9 Å². The quantitative estimate of drug-likeness (QED) is 0.553. The van der Waals surface area contributed by atoms with Gasteiger partial charge in [0.05, 0.1) is 12.5 Å². The molecule has 0 aliphatic carbocycles. The highest BCUT2D eigenvalue weighted by Crippen LogP contribution is 2.22. The molecule has 2 amide bonds. The van der Waals surface area contributed by atoms with Crippen molar-refractivity contribution < 1.29 is 9.59 Å². The zero-order valence-electron chi connectivity index (χ0n) is 15.5. The molecule has 4 nitrogen and oxygen atoms in total. The predicted octanol–water partition coefficient (Wildman–Crippen LogP) is 5.26. The van der Waals surface area contributed by atoms with Gasteiger partial charge in [0, 0.05) is 15.7 Å². The van der Waals surface area contributed by atoms with Crippen molar-refractivity contribution in [1.29, 1.82) is 0 Å². The van der Waals surface area contributed by atoms with Crippen LogP contribution in [0, 0.1) is 6.92 Å². The van der Waals surface area contributed by atoms with Crippen LogP contribution in [0.3, 0.4) is 0 Å². The molecule has 0 aliphatic rings. The molecule has 3 rings (SSSR count). The summed E-state index contributed by atoms with van der Waals surface area (Å²) in [7, 11) is 0. The highest BCUT2D eigenvalue weighted by Gasteiger charge is 2.19. The van der Waals surface area contributed by atoms with Gasteiger partial charge in [-0.05, 0) is 48.4 Å². The molecule has 0 bridgehead atoms. The van der Waals surface area contributed by atoms with E-state index in [9.17, 15) is 9.59 Å². The molecule has 1 atom stereocenters. The molecule has 2 N–H and O–H groups in total. The molecule has 0 spiro atoms. The van der Waals surface area contributed by atoms with Crippen molar-refractivity contribution in [2.24, 2.45) is 0 Å².